The van der Waals surface area contributed by atoms with Gasteiger partial charge in [-0.05, 0) is 47.0 Å². The average molecular weight is 313 g/mol. The number of aliphatic hydroxyl groups excluding tert-OH is 1. The lowest BCUT2D eigenvalue weighted by Crippen LogP contribution is -1.95. The molecule has 0 aliphatic carbocycles. The molecule has 3 aromatic rings. The number of aliphatic hydroxyl groups is 1. The minimum Gasteiger partial charge on any atom is -0.392 e. The Morgan fingerprint density at radius 3 is 2.59 bits per heavy atom. The number of nitrogens with one attached hydrogen (secondary N) is 1. The van der Waals surface area contributed by atoms with E-state index in [-0.39, 0.29) is 11.9 Å². The highest BCUT2D eigenvalue weighted by atomic mass is 35.5. The molecule has 0 spiro atoms. The molecule has 0 fully saturated rings. The van der Waals surface area contributed by atoms with Gasteiger partial charge in [0, 0.05) is 29.8 Å². The normalized spacial score (nSPS) is 10.5. The van der Waals surface area contributed by atoms with E-state index >= 15 is 0 Å². The van der Waals surface area contributed by atoms with Gasteiger partial charge in [-0.25, -0.2) is 15.0 Å². The molecule has 6 heteroatoms. The van der Waals surface area contributed by atoms with Crippen molar-refractivity contribution in [2.24, 2.45) is 0 Å². The SMILES string of the molecule is OCc1cccc(Nc2cc(-c3cnc(Cl)nc3)ccn2)c1. The number of nitrogens with zero attached hydrogens (tertiary/aromatic N) is 3. The number of hydrogen-bond acceptors (Lipinski definition) is 5. The van der Waals surface area contributed by atoms with Crippen LogP contribution in [0.2, 0.25) is 5.28 Å². The Morgan fingerprint density at radius 2 is 1.82 bits per heavy atom. The van der Waals surface area contributed by atoms with E-state index in [0.29, 0.717) is 5.82 Å². The Labute approximate surface area is 132 Å². The van der Waals surface area contributed by atoms with Crippen molar-refractivity contribution < 1.29 is 5.11 Å². The number of aromatic nitrogens is 3. The van der Waals surface area contributed by atoms with Crippen LogP contribution in [-0.2, 0) is 6.61 Å². The molecule has 0 atom stereocenters. The van der Waals surface area contributed by atoms with Crippen molar-refractivity contribution in [2.45, 2.75) is 6.61 Å². The summed E-state index contributed by atoms with van der Waals surface area (Å²) >= 11 is 5.70. The highest BCUT2D eigenvalue weighted by Crippen LogP contribution is 2.22. The van der Waals surface area contributed by atoms with Crippen molar-refractivity contribution in [2.75, 3.05) is 5.32 Å². The molecule has 0 amide bonds. The lowest BCUT2D eigenvalue weighted by Gasteiger charge is -2.08. The zero-order valence-corrected chi connectivity index (χ0v) is 12.3. The van der Waals surface area contributed by atoms with Gasteiger partial charge in [0.2, 0.25) is 5.28 Å². The van der Waals surface area contributed by atoms with E-state index in [4.69, 9.17) is 11.6 Å². The van der Waals surface area contributed by atoms with Gasteiger partial charge in [0.05, 0.1) is 6.61 Å². The minimum atomic E-state index is 0.00506. The highest BCUT2D eigenvalue weighted by molar-refractivity contribution is 6.28. The zero-order valence-electron chi connectivity index (χ0n) is 11.6. The van der Waals surface area contributed by atoms with Gasteiger partial charge in [0.15, 0.2) is 0 Å². The second kappa shape index (κ2) is 6.51. The fourth-order valence-electron chi connectivity index (χ4n) is 2.04. The molecule has 110 valence electrons. The summed E-state index contributed by atoms with van der Waals surface area (Å²) in [5.41, 5.74) is 3.50. The second-order valence-corrected chi connectivity index (χ2v) is 4.99. The maximum Gasteiger partial charge on any atom is 0.222 e. The number of benzene rings is 1. The summed E-state index contributed by atoms with van der Waals surface area (Å²) in [5, 5.41) is 12.6. The summed E-state index contributed by atoms with van der Waals surface area (Å²) in [6, 6.07) is 11.3. The van der Waals surface area contributed by atoms with Crippen molar-refractivity contribution in [1.29, 1.82) is 0 Å². The monoisotopic (exact) mass is 312 g/mol. The highest BCUT2D eigenvalue weighted by Gasteiger charge is 2.03. The number of hydrogen-bond donors (Lipinski definition) is 2. The van der Waals surface area contributed by atoms with Gasteiger partial charge in [-0.15, -0.1) is 0 Å². The van der Waals surface area contributed by atoms with Gasteiger partial charge in [-0.3, -0.25) is 0 Å². The van der Waals surface area contributed by atoms with Gasteiger partial charge < -0.3 is 10.4 Å². The predicted molar refractivity (Wildman–Crippen MR) is 85.9 cm³/mol. The summed E-state index contributed by atoms with van der Waals surface area (Å²) in [4.78, 5) is 12.2. The topological polar surface area (TPSA) is 70.9 Å². The molecule has 0 saturated heterocycles. The molecule has 3 rings (SSSR count). The molecule has 0 radical (unpaired) electrons. The third-order valence-corrected chi connectivity index (χ3v) is 3.29. The van der Waals surface area contributed by atoms with Crippen LogP contribution in [0.4, 0.5) is 11.5 Å². The quantitative estimate of drug-likeness (QED) is 0.722. The average Bonchev–Trinajstić information content (AvgIpc) is 2.56. The van der Waals surface area contributed by atoms with Gasteiger partial charge in [0.1, 0.15) is 5.82 Å². The van der Waals surface area contributed by atoms with E-state index in [1.807, 2.05) is 36.4 Å². The van der Waals surface area contributed by atoms with E-state index < -0.39 is 0 Å². The molecule has 22 heavy (non-hydrogen) atoms. The molecule has 0 aliphatic rings. The molecule has 0 unspecified atom stereocenters. The Bertz CT molecular complexity index is 777. The van der Waals surface area contributed by atoms with Crippen LogP contribution in [0.3, 0.4) is 0 Å². The standard InChI is InChI=1S/C16H13ClN4O/c17-16-19-8-13(9-20-16)12-4-5-18-15(7-12)21-14-3-1-2-11(6-14)10-22/h1-9,22H,10H2,(H,18,21). The fraction of sp³-hybridized carbons (Fsp3) is 0.0625. The molecule has 5 nitrogen and oxygen atoms in total. The van der Waals surface area contributed by atoms with Crippen LogP contribution in [0.15, 0.2) is 55.0 Å². The van der Waals surface area contributed by atoms with Gasteiger partial charge in [-0.2, -0.15) is 0 Å². The Morgan fingerprint density at radius 1 is 1.00 bits per heavy atom. The third kappa shape index (κ3) is 3.39. The van der Waals surface area contributed by atoms with Crippen LogP contribution in [-0.4, -0.2) is 20.1 Å². The fourth-order valence-corrected chi connectivity index (χ4v) is 2.13. The number of anilines is 2. The third-order valence-electron chi connectivity index (χ3n) is 3.10. The lowest BCUT2D eigenvalue weighted by molar-refractivity contribution is 0.282. The molecular formula is C16H13ClN4O. The number of pyridine rings is 1. The van der Waals surface area contributed by atoms with Crippen molar-refractivity contribution >= 4 is 23.1 Å². The first-order chi connectivity index (χ1) is 10.7. The van der Waals surface area contributed by atoms with E-state index in [0.717, 1.165) is 22.4 Å². The molecule has 1 aromatic carbocycles. The van der Waals surface area contributed by atoms with E-state index in [1.54, 1.807) is 18.6 Å². The first-order valence-corrected chi connectivity index (χ1v) is 7.03. The number of rotatable bonds is 4. The van der Waals surface area contributed by atoms with Crippen LogP contribution in [0.1, 0.15) is 5.56 Å². The van der Waals surface area contributed by atoms with Crippen molar-refractivity contribution in [1.82, 2.24) is 15.0 Å². The minimum absolute atomic E-state index is 0.00506. The lowest BCUT2D eigenvalue weighted by atomic mass is 10.1. The first kappa shape index (κ1) is 14.4. The largest absolute Gasteiger partial charge is 0.392 e. The Kier molecular flexibility index (Phi) is 4.27. The summed E-state index contributed by atoms with van der Waals surface area (Å²) < 4.78 is 0. The first-order valence-electron chi connectivity index (χ1n) is 6.65. The molecule has 0 bridgehead atoms. The van der Waals surface area contributed by atoms with Crippen molar-refractivity contribution in [3.8, 4) is 11.1 Å². The van der Waals surface area contributed by atoms with Gasteiger partial charge in [0.25, 0.3) is 0 Å². The van der Waals surface area contributed by atoms with Crippen molar-refractivity contribution in [3.05, 3.63) is 65.8 Å². The van der Waals surface area contributed by atoms with Gasteiger partial charge >= 0.3 is 0 Å². The van der Waals surface area contributed by atoms with E-state index in [1.165, 1.54) is 0 Å². The summed E-state index contributed by atoms with van der Waals surface area (Å²) in [7, 11) is 0. The smallest absolute Gasteiger partial charge is 0.222 e. The summed E-state index contributed by atoms with van der Waals surface area (Å²) in [6.07, 6.45) is 5.05. The van der Waals surface area contributed by atoms with E-state index in [2.05, 4.69) is 20.3 Å². The van der Waals surface area contributed by atoms with Crippen LogP contribution >= 0.6 is 11.6 Å². The Balaban J connectivity index is 1.86. The van der Waals surface area contributed by atoms with E-state index in [9.17, 15) is 5.11 Å². The van der Waals surface area contributed by atoms with Crippen LogP contribution in [0.25, 0.3) is 11.1 Å². The van der Waals surface area contributed by atoms with Gasteiger partial charge in [-0.1, -0.05) is 12.1 Å². The molecule has 2 aromatic heterocycles. The second-order valence-electron chi connectivity index (χ2n) is 4.65. The maximum atomic E-state index is 9.18. The predicted octanol–water partition coefficient (Wildman–Crippen LogP) is 3.43. The molecule has 0 aliphatic heterocycles. The van der Waals surface area contributed by atoms with Crippen LogP contribution in [0.5, 0.6) is 0 Å². The molecular weight excluding hydrogens is 300 g/mol. The van der Waals surface area contributed by atoms with Crippen molar-refractivity contribution in [3.63, 3.8) is 0 Å². The number of halogens is 1. The molecule has 2 heterocycles. The molecule has 2 N–H and O–H groups in total. The Hall–Kier alpha value is -2.50. The zero-order chi connectivity index (χ0) is 15.4. The molecule has 0 saturated carbocycles. The van der Waals surface area contributed by atoms with Crippen LogP contribution < -0.4 is 5.32 Å². The van der Waals surface area contributed by atoms with Crippen LogP contribution in [0, 0.1) is 0 Å². The summed E-state index contributed by atoms with van der Waals surface area (Å²) in [5.74, 6) is 0.697. The maximum absolute atomic E-state index is 9.18. The summed E-state index contributed by atoms with van der Waals surface area (Å²) in [6.45, 7) is 0.00506.